The number of aromatic nitrogens is 2. The molecule has 0 fully saturated rings. The minimum atomic E-state index is -0.423. The highest BCUT2D eigenvalue weighted by molar-refractivity contribution is 5.35. The Morgan fingerprint density at radius 3 is 2.83 bits per heavy atom. The van der Waals surface area contributed by atoms with Gasteiger partial charge in [0.25, 0.3) is 0 Å². The largest absolute Gasteiger partial charge is 0.386 e. The maximum atomic E-state index is 10.5. The van der Waals surface area contributed by atoms with Crippen LogP contribution in [0, 0.1) is 0 Å². The summed E-state index contributed by atoms with van der Waals surface area (Å²) in [4.78, 5) is 4.41. The van der Waals surface area contributed by atoms with Crippen LogP contribution in [0.15, 0.2) is 36.7 Å². The molecular formula is C15H18N2O. The molecule has 1 aromatic heterocycles. The molecule has 18 heavy (non-hydrogen) atoms. The molecule has 0 aliphatic heterocycles. The summed E-state index contributed by atoms with van der Waals surface area (Å²) in [6.07, 6.45) is 4.26. The van der Waals surface area contributed by atoms with Crippen LogP contribution in [0.3, 0.4) is 0 Å². The Kier molecular flexibility index (Phi) is 2.71. The van der Waals surface area contributed by atoms with Crippen LogP contribution in [0.4, 0.5) is 0 Å². The molecule has 94 valence electrons. The second-order valence-electron chi connectivity index (χ2n) is 5.26. The third-order valence-electron chi connectivity index (χ3n) is 3.74. The Labute approximate surface area is 107 Å². The van der Waals surface area contributed by atoms with E-state index in [0.717, 1.165) is 17.8 Å². The Morgan fingerprint density at radius 1 is 1.33 bits per heavy atom. The quantitative estimate of drug-likeness (QED) is 0.879. The molecule has 3 rings (SSSR count). The Bertz CT molecular complexity index is 559. The van der Waals surface area contributed by atoms with Crippen LogP contribution >= 0.6 is 0 Å². The second-order valence-corrected chi connectivity index (χ2v) is 5.26. The maximum Gasteiger partial charge on any atom is 0.111 e. The number of rotatable bonds is 2. The minimum Gasteiger partial charge on any atom is -0.386 e. The number of nitrogens with zero attached hydrogens (tertiary/aromatic N) is 2. The van der Waals surface area contributed by atoms with E-state index in [1.807, 2.05) is 30.6 Å². The van der Waals surface area contributed by atoms with E-state index in [0.29, 0.717) is 5.92 Å². The molecule has 0 spiro atoms. The minimum absolute atomic E-state index is 0.0855. The predicted molar refractivity (Wildman–Crippen MR) is 70.5 cm³/mol. The highest BCUT2D eigenvalue weighted by Crippen LogP contribution is 2.40. The molecule has 0 radical (unpaired) electrons. The van der Waals surface area contributed by atoms with Crippen molar-refractivity contribution in [1.82, 2.24) is 9.55 Å². The molecule has 2 unspecified atom stereocenters. The average Bonchev–Trinajstić information content (AvgIpc) is 2.94. The molecule has 1 aliphatic carbocycles. The number of aliphatic hydroxyl groups excluding tert-OH is 1. The number of benzene rings is 1. The average molecular weight is 242 g/mol. The molecule has 0 amide bonds. The first-order valence-electron chi connectivity index (χ1n) is 6.47. The van der Waals surface area contributed by atoms with Gasteiger partial charge in [0.15, 0.2) is 0 Å². The number of aliphatic hydroxyl groups is 1. The van der Waals surface area contributed by atoms with Gasteiger partial charge in [0.2, 0.25) is 0 Å². The van der Waals surface area contributed by atoms with Crippen molar-refractivity contribution in [2.45, 2.75) is 38.3 Å². The molecule has 0 saturated heterocycles. The van der Waals surface area contributed by atoms with E-state index in [9.17, 15) is 5.11 Å². The van der Waals surface area contributed by atoms with Crippen LogP contribution < -0.4 is 0 Å². The number of hydrogen-bond acceptors (Lipinski definition) is 2. The standard InChI is InChI=1S/C15H18N2O/c1-10(2)15-16-7-8-17(15)13-9-11-5-3-4-6-12(11)14(13)18/h3-8,10,13-14,18H,9H2,1-2H3. The molecule has 3 heteroatoms. The smallest absolute Gasteiger partial charge is 0.111 e. The maximum absolute atomic E-state index is 10.5. The highest BCUT2D eigenvalue weighted by Gasteiger charge is 2.33. The molecule has 2 atom stereocenters. The van der Waals surface area contributed by atoms with E-state index in [1.54, 1.807) is 0 Å². The van der Waals surface area contributed by atoms with Gasteiger partial charge in [-0.2, -0.15) is 0 Å². The van der Waals surface area contributed by atoms with Gasteiger partial charge < -0.3 is 9.67 Å². The van der Waals surface area contributed by atoms with E-state index < -0.39 is 6.10 Å². The molecular weight excluding hydrogens is 224 g/mol. The van der Waals surface area contributed by atoms with Crippen LogP contribution in [0.5, 0.6) is 0 Å². The summed E-state index contributed by atoms with van der Waals surface area (Å²) in [7, 11) is 0. The third kappa shape index (κ3) is 1.66. The van der Waals surface area contributed by atoms with Gasteiger partial charge in [0, 0.05) is 18.3 Å². The SMILES string of the molecule is CC(C)c1nccn1C1Cc2ccccc2C1O. The summed E-state index contributed by atoms with van der Waals surface area (Å²) in [6, 6.07) is 8.23. The van der Waals surface area contributed by atoms with Gasteiger partial charge in [-0.25, -0.2) is 4.98 Å². The Morgan fingerprint density at radius 2 is 2.11 bits per heavy atom. The van der Waals surface area contributed by atoms with E-state index in [-0.39, 0.29) is 6.04 Å². The Balaban J connectivity index is 1.99. The summed E-state index contributed by atoms with van der Waals surface area (Å²) in [5, 5.41) is 10.5. The fraction of sp³-hybridized carbons (Fsp3) is 0.400. The van der Waals surface area contributed by atoms with Gasteiger partial charge in [0.05, 0.1) is 6.04 Å². The van der Waals surface area contributed by atoms with Crippen molar-refractivity contribution in [2.24, 2.45) is 0 Å². The molecule has 0 bridgehead atoms. The first-order chi connectivity index (χ1) is 8.68. The van der Waals surface area contributed by atoms with Crippen LogP contribution in [0.1, 0.15) is 48.9 Å². The number of imidazole rings is 1. The van der Waals surface area contributed by atoms with Crippen LogP contribution in [-0.4, -0.2) is 14.7 Å². The van der Waals surface area contributed by atoms with Crippen molar-refractivity contribution >= 4 is 0 Å². The van der Waals surface area contributed by atoms with Crippen LogP contribution in [-0.2, 0) is 6.42 Å². The lowest BCUT2D eigenvalue weighted by Crippen LogP contribution is -2.16. The first kappa shape index (κ1) is 11.5. The van der Waals surface area contributed by atoms with Crippen LogP contribution in [0.2, 0.25) is 0 Å². The molecule has 0 saturated carbocycles. The summed E-state index contributed by atoms with van der Waals surface area (Å²) in [5.74, 6) is 1.42. The normalized spacial score (nSPS) is 22.4. The van der Waals surface area contributed by atoms with Gasteiger partial charge in [-0.1, -0.05) is 38.1 Å². The summed E-state index contributed by atoms with van der Waals surface area (Å²) < 4.78 is 2.13. The predicted octanol–water partition coefficient (Wildman–Crippen LogP) is 2.84. The zero-order chi connectivity index (χ0) is 12.7. The van der Waals surface area contributed by atoms with Crippen LogP contribution in [0.25, 0.3) is 0 Å². The summed E-state index contributed by atoms with van der Waals surface area (Å²) in [5.41, 5.74) is 2.31. The zero-order valence-electron chi connectivity index (χ0n) is 10.7. The lowest BCUT2D eigenvalue weighted by Gasteiger charge is -2.20. The van der Waals surface area contributed by atoms with Crippen molar-refractivity contribution < 1.29 is 5.11 Å². The first-order valence-corrected chi connectivity index (χ1v) is 6.47. The number of hydrogen-bond donors (Lipinski definition) is 1. The summed E-state index contributed by atoms with van der Waals surface area (Å²) in [6.45, 7) is 4.26. The number of fused-ring (bicyclic) bond motifs is 1. The highest BCUT2D eigenvalue weighted by atomic mass is 16.3. The topological polar surface area (TPSA) is 38.0 Å². The van der Waals surface area contributed by atoms with E-state index >= 15 is 0 Å². The van der Waals surface area contributed by atoms with E-state index in [1.165, 1.54) is 5.56 Å². The van der Waals surface area contributed by atoms with Gasteiger partial charge in [-0.3, -0.25) is 0 Å². The molecule has 1 aliphatic rings. The summed E-state index contributed by atoms with van der Waals surface area (Å²) >= 11 is 0. The van der Waals surface area contributed by atoms with Crippen molar-refractivity contribution in [2.75, 3.05) is 0 Å². The third-order valence-corrected chi connectivity index (χ3v) is 3.74. The van der Waals surface area contributed by atoms with Gasteiger partial charge >= 0.3 is 0 Å². The van der Waals surface area contributed by atoms with Crippen molar-refractivity contribution in [1.29, 1.82) is 0 Å². The molecule has 2 aromatic rings. The fourth-order valence-electron chi connectivity index (χ4n) is 2.86. The molecule has 3 nitrogen and oxygen atoms in total. The lowest BCUT2D eigenvalue weighted by molar-refractivity contribution is 0.125. The second kappa shape index (κ2) is 4.25. The fourth-order valence-corrected chi connectivity index (χ4v) is 2.86. The zero-order valence-corrected chi connectivity index (χ0v) is 10.7. The van der Waals surface area contributed by atoms with Crippen molar-refractivity contribution in [3.63, 3.8) is 0 Å². The van der Waals surface area contributed by atoms with Crippen molar-refractivity contribution in [3.05, 3.63) is 53.6 Å². The molecule has 1 heterocycles. The van der Waals surface area contributed by atoms with Crippen molar-refractivity contribution in [3.8, 4) is 0 Å². The molecule has 1 aromatic carbocycles. The van der Waals surface area contributed by atoms with Gasteiger partial charge in [-0.15, -0.1) is 0 Å². The van der Waals surface area contributed by atoms with E-state index in [4.69, 9.17) is 0 Å². The van der Waals surface area contributed by atoms with Gasteiger partial charge in [-0.05, 0) is 17.5 Å². The lowest BCUT2D eigenvalue weighted by atomic mass is 10.1. The monoisotopic (exact) mass is 242 g/mol. The molecule has 1 N–H and O–H groups in total. The van der Waals surface area contributed by atoms with E-state index in [2.05, 4.69) is 29.5 Å². The Hall–Kier alpha value is -1.61. The van der Waals surface area contributed by atoms with Gasteiger partial charge in [0.1, 0.15) is 11.9 Å².